The minimum Gasteiger partial charge on any atom is -0.762 e. The summed E-state index contributed by atoms with van der Waals surface area (Å²) in [4.78, 5) is 9.46. The average molecular weight is 133 g/mol. The van der Waals surface area contributed by atoms with E-state index in [0.717, 1.165) is 0 Å². The second kappa shape index (κ2) is 3.18. The van der Waals surface area contributed by atoms with Gasteiger partial charge in [-0.1, -0.05) is 0 Å². The van der Waals surface area contributed by atoms with Crippen LogP contribution in [-0.2, 0) is 15.9 Å². The number of hydrogen-bond acceptors (Lipinski definition) is 3. The molecule has 4 nitrogen and oxygen atoms in total. The summed E-state index contributed by atoms with van der Waals surface area (Å²) >= 11 is -2.58. The zero-order valence-electron chi connectivity index (χ0n) is 3.58. The SMILES string of the molecule is O=C(O)C#CS(=O)[O-]. The van der Waals surface area contributed by atoms with E-state index in [1.165, 1.54) is 11.2 Å². The first-order chi connectivity index (χ1) is 3.63. The zero-order chi connectivity index (χ0) is 6.57. The fourth-order valence-electron chi connectivity index (χ4n) is 0.0853. The average Bonchev–Trinajstić information content (AvgIpc) is 1.61. The third-order valence-electron chi connectivity index (χ3n) is 0.241. The van der Waals surface area contributed by atoms with Gasteiger partial charge in [0, 0.05) is 17.0 Å². The lowest BCUT2D eigenvalue weighted by Gasteiger charge is -1.85. The normalized spacial score (nSPS) is 11.1. The quantitative estimate of drug-likeness (QED) is 0.336. The fourth-order valence-corrected chi connectivity index (χ4v) is 0.256. The van der Waals surface area contributed by atoms with E-state index in [0.29, 0.717) is 0 Å². The Morgan fingerprint density at radius 1 is 1.75 bits per heavy atom. The molecule has 44 valence electrons. The molecule has 0 heterocycles. The molecule has 0 saturated heterocycles. The van der Waals surface area contributed by atoms with Crippen LogP contribution >= 0.6 is 0 Å². The largest absolute Gasteiger partial charge is 0.762 e. The second-order valence-corrected chi connectivity index (χ2v) is 1.44. The molecule has 0 radical (unpaired) electrons. The molecule has 0 spiro atoms. The lowest BCUT2D eigenvalue weighted by atomic mass is 10.7. The molecule has 0 aliphatic rings. The Morgan fingerprint density at radius 2 is 2.25 bits per heavy atom. The van der Waals surface area contributed by atoms with Crippen molar-refractivity contribution in [2.24, 2.45) is 0 Å². The van der Waals surface area contributed by atoms with Gasteiger partial charge in [-0.05, 0) is 5.25 Å². The van der Waals surface area contributed by atoms with E-state index in [1.54, 1.807) is 0 Å². The van der Waals surface area contributed by atoms with Crippen molar-refractivity contribution in [3.05, 3.63) is 0 Å². The van der Waals surface area contributed by atoms with E-state index in [-0.39, 0.29) is 0 Å². The molecule has 0 aliphatic carbocycles. The Balaban J connectivity index is 3.87. The highest BCUT2D eigenvalue weighted by Crippen LogP contribution is 1.63. The van der Waals surface area contributed by atoms with Gasteiger partial charge in [-0.15, -0.1) is 0 Å². The molecule has 0 aliphatic heterocycles. The van der Waals surface area contributed by atoms with Crippen LogP contribution in [0.2, 0.25) is 0 Å². The Bertz CT molecular complexity index is 155. The standard InChI is InChI=1S/C3H2O4S/c4-3(5)1-2-8(6)7/h(H,4,5)(H,6,7)/p-1. The molecule has 0 rings (SSSR count). The van der Waals surface area contributed by atoms with E-state index in [4.69, 9.17) is 5.11 Å². The second-order valence-electron chi connectivity index (χ2n) is 0.767. The van der Waals surface area contributed by atoms with Crippen molar-refractivity contribution in [3.8, 4) is 11.2 Å². The van der Waals surface area contributed by atoms with Crippen molar-refractivity contribution in [2.75, 3.05) is 0 Å². The highest BCUT2D eigenvalue weighted by Gasteiger charge is 1.79. The molecule has 0 aromatic heterocycles. The maximum atomic E-state index is 9.47. The number of aliphatic carboxylic acids is 1. The Hall–Kier alpha value is -0.860. The van der Waals surface area contributed by atoms with Crippen molar-refractivity contribution in [1.29, 1.82) is 0 Å². The fraction of sp³-hybridized carbons (Fsp3) is 0. The third kappa shape index (κ3) is 5.14. The lowest BCUT2D eigenvalue weighted by Crippen LogP contribution is -1.88. The van der Waals surface area contributed by atoms with Gasteiger partial charge < -0.3 is 9.66 Å². The van der Waals surface area contributed by atoms with Gasteiger partial charge in [0.25, 0.3) is 0 Å². The third-order valence-corrected chi connectivity index (χ3v) is 0.510. The number of carboxylic acid groups (broad SMARTS) is 1. The molecule has 0 saturated carbocycles. The van der Waals surface area contributed by atoms with Crippen LogP contribution < -0.4 is 0 Å². The number of carbonyl (C=O) groups is 1. The maximum Gasteiger partial charge on any atom is 0.382 e. The van der Waals surface area contributed by atoms with Crippen molar-refractivity contribution >= 4 is 17.0 Å². The van der Waals surface area contributed by atoms with Crippen LogP contribution in [0.15, 0.2) is 0 Å². The summed E-state index contributed by atoms with van der Waals surface area (Å²) in [6.45, 7) is 0. The van der Waals surface area contributed by atoms with Crippen LogP contribution in [0.1, 0.15) is 0 Å². The summed E-state index contributed by atoms with van der Waals surface area (Å²) < 4.78 is 18.9. The van der Waals surface area contributed by atoms with Crippen LogP contribution in [0.4, 0.5) is 0 Å². The van der Waals surface area contributed by atoms with Crippen LogP contribution in [0.3, 0.4) is 0 Å². The van der Waals surface area contributed by atoms with Gasteiger partial charge in [-0.3, -0.25) is 4.21 Å². The molecule has 8 heavy (non-hydrogen) atoms. The van der Waals surface area contributed by atoms with E-state index >= 15 is 0 Å². The molecule has 1 unspecified atom stereocenters. The predicted molar refractivity (Wildman–Crippen MR) is 24.3 cm³/mol. The predicted octanol–water partition coefficient (Wildman–Crippen LogP) is -1.09. The van der Waals surface area contributed by atoms with E-state index < -0.39 is 17.0 Å². The van der Waals surface area contributed by atoms with Crippen LogP contribution in [0.5, 0.6) is 0 Å². The molecule has 0 aromatic carbocycles. The molecule has 0 amide bonds. The van der Waals surface area contributed by atoms with E-state index in [1.807, 2.05) is 0 Å². The summed E-state index contributed by atoms with van der Waals surface area (Å²) in [6, 6.07) is 0. The van der Waals surface area contributed by atoms with Crippen LogP contribution in [0, 0.1) is 11.2 Å². The maximum absolute atomic E-state index is 9.47. The lowest BCUT2D eigenvalue weighted by molar-refractivity contribution is -0.130. The zero-order valence-corrected chi connectivity index (χ0v) is 4.40. The number of carboxylic acids is 1. The Morgan fingerprint density at radius 3 is 2.38 bits per heavy atom. The van der Waals surface area contributed by atoms with Crippen molar-refractivity contribution < 1.29 is 18.7 Å². The summed E-state index contributed by atoms with van der Waals surface area (Å²) in [7, 11) is 0. The van der Waals surface area contributed by atoms with E-state index in [9.17, 15) is 13.6 Å². The first kappa shape index (κ1) is 7.14. The van der Waals surface area contributed by atoms with Gasteiger partial charge in [-0.25, -0.2) is 4.79 Å². The monoisotopic (exact) mass is 133 g/mol. The highest BCUT2D eigenvalue weighted by molar-refractivity contribution is 7.84. The van der Waals surface area contributed by atoms with Gasteiger partial charge in [0.05, 0.1) is 0 Å². The van der Waals surface area contributed by atoms with Gasteiger partial charge in [-0.2, -0.15) is 0 Å². The van der Waals surface area contributed by atoms with Crippen LogP contribution in [-0.4, -0.2) is 19.8 Å². The molecule has 0 fully saturated rings. The first-order valence-corrected chi connectivity index (χ1v) is 2.54. The van der Waals surface area contributed by atoms with Crippen LogP contribution in [0.25, 0.3) is 0 Å². The van der Waals surface area contributed by atoms with Gasteiger partial charge in [0.15, 0.2) is 0 Å². The van der Waals surface area contributed by atoms with Gasteiger partial charge >= 0.3 is 5.97 Å². The molecule has 1 N–H and O–H groups in total. The highest BCUT2D eigenvalue weighted by atomic mass is 32.2. The summed E-state index contributed by atoms with van der Waals surface area (Å²) in [5.41, 5.74) is 0. The molecular weight excluding hydrogens is 132 g/mol. The summed E-state index contributed by atoms with van der Waals surface area (Å²) in [5.74, 6) is -0.0509. The summed E-state index contributed by atoms with van der Waals surface area (Å²) in [6.07, 6.45) is 0. The van der Waals surface area contributed by atoms with Crippen molar-refractivity contribution in [1.82, 2.24) is 0 Å². The van der Waals surface area contributed by atoms with Crippen molar-refractivity contribution in [3.63, 3.8) is 0 Å². The smallest absolute Gasteiger partial charge is 0.382 e. The Labute approximate surface area is 47.8 Å². The number of rotatable bonds is 0. The molecule has 0 aromatic rings. The molecular formula is C3HO4S-. The first-order valence-electron chi connectivity index (χ1n) is 1.47. The minimum absolute atomic E-state index is 1.40. The van der Waals surface area contributed by atoms with Gasteiger partial charge in [0.2, 0.25) is 0 Å². The minimum atomic E-state index is -2.58. The van der Waals surface area contributed by atoms with Gasteiger partial charge in [0.1, 0.15) is 0 Å². The molecule has 0 bridgehead atoms. The molecule has 5 heteroatoms. The Kier molecular flexibility index (Phi) is 2.84. The number of hydrogen-bond donors (Lipinski definition) is 1. The van der Waals surface area contributed by atoms with E-state index in [2.05, 4.69) is 0 Å². The summed E-state index contributed by atoms with van der Waals surface area (Å²) in [5, 5.41) is 9.13. The topological polar surface area (TPSA) is 77.4 Å². The molecule has 1 atom stereocenters. The van der Waals surface area contributed by atoms with Crippen molar-refractivity contribution in [2.45, 2.75) is 0 Å².